The number of pyridine rings is 1. The number of aromatic nitrogens is 2. The van der Waals surface area contributed by atoms with Gasteiger partial charge in [-0.25, -0.2) is 4.98 Å². The van der Waals surface area contributed by atoms with Crippen molar-refractivity contribution in [1.29, 1.82) is 0 Å². The lowest BCUT2D eigenvalue weighted by Gasteiger charge is -2.01. The molecule has 0 atom stereocenters. The summed E-state index contributed by atoms with van der Waals surface area (Å²) in [5, 5.41) is 2.71. The molecule has 0 aliphatic heterocycles. The minimum absolute atomic E-state index is 0.168. The Hall–Kier alpha value is -2.17. The topological polar surface area (TPSA) is 68.0 Å². The first-order valence-corrected chi connectivity index (χ1v) is 4.85. The average molecular weight is 217 g/mol. The van der Waals surface area contributed by atoms with Crippen LogP contribution in [0.4, 0.5) is 0 Å². The molecule has 82 valence electrons. The third kappa shape index (κ3) is 2.44. The number of carbonyl (C=O) groups excluding carboxylic acids is 1. The van der Waals surface area contributed by atoms with Crippen LogP contribution in [-0.2, 0) is 6.54 Å². The molecule has 0 unspecified atom stereocenters. The summed E-state index contributed by atoms with van der Waals surface area (Å²) in [6, 6.07) is 3.30. The van der Waals surface area contributed by atoms with E-state index in [4.69, 9.17) is 4.42 Å². The van der Waals surface area contributed by atoms with Crippen molar-refractivity contribution < 1.29 is 9.21 Å². The van der Waals surface area contributed by atoms with Crippen molar-refractivity contribution in [2.75, 3.05) is 0 Å². The first-order chi connectivity index (χ1) is 7.75. The minimum atomic E-state index is -0.168. The monoisotopic (exact) mass is 217 g/mol. The van der Waals surface area contributed by atoms with Gasteiger partial charge in [0.05, 0.1) is 12.7 Å². The van der Waals surface area contributed by atoms with Crippen LogP contribution in [0.2, 0.25) is 0 Å². The number of nitrogens with zero attached hydrogens (tertiary/aromatic N) is 2. The van der Waals surface area contributed by atoms with Crippen molar-refractivity contribution in [1.82, 2.24) is 15.3 Å². The van der Waals surface area contributed by atoms with Crippen LogP contribution in [0.1, 0.15) is 22.0 Å². The predicted molar refractivity (Wildman–Crippen MR) is 56.6 cm³/mol. The van der Waals surface area contributed by atoms with Gasteiger partial charge in [-0.1, -0.05) is 0 Å². The Morgan fingerprint density at radius 3 is 2.81 bits per heavy atom. The van der Waals surface area contributed by atoms with Gasteiger partial charge in [-0.05, 0) is 19.1 Å². The second-order valence-corrected chi connectivity index (χ2v) is 3.28. The summed E-state index contributed by atoms with van der Waals surface area (Å²) in [6.45, 7) is 2.09. The molecular formula is C11H11N3O2. The van der Waals surface area contributed by atoms with Crippen LogP contribution >= 0.6 is 0 Å². The Bertz CT molecular complexity index is 479. The van der Waals surface area contributed by atoms with Gasteiger partial charge in [-0.15, -0.1) is 0 Å². The summed E-state index contributed by atoms with van der Waals surface area (Å²) in [5.74, 6) is 1.06. The fourth-order valence-corrected chi connectivity index (χ4v) is 1.24. The fraction of sp³-hybridized carbons (Fsp3) is 0.182. The molecule has 1 amide bonds. The zero-order chi connectivity index (χ0) is 11.4. The molecule has 0 fully saturated rings. The van der Waals surface area contributed by atoms with Crippen LogP contribution in [0, 0.1) is 6.92 Å². The molecule has 16 heavy (non-hydrogen) atoms. The Morgan fingerprint density at radius 1 is 1.44 bits per heavy atom. The summed E-state index contributed by atoms with van der Waals surface area (Å²) in [4.78, 5) is 19.4. The first-order valence-electron chi connectivity index (χ1n) is 4.85. The van der Waals surface area contributed by atoms with Crippen LogP contribution in [0.3, 0.4) is 0 Å². The summed E-state index contributed by atoms with van der Waals surface area (Å²) in [5.41, 5.74) is 0.568. The maximum absolute atomic E-state index is 11.6. The largest absolute Gasteiger partial charge is 0.444 e. The number of hydrogen-bond acceptors (Lipinski definition) is 4. The van der Waals surface area contributed by atoms with E-state index in [0.29, 0.717) is 11.5 Å². The molecule has 0 radical (unpaired) electrons. The predicted octanol–water partition coefficient (Wildman–Crippen LogP) is 1.31. The third-order valence-electron chi connectivity index (χ3n) is 2.01. The Balaban J connectivity index is 1.94. The molecule has 1 N–H and O–H groups in total. The van der Waals surface area contributed by atoms with E-state index in [0.717, 1.165) is 5.76 Å². The molecule has 2 heterocycles. The lowest BCUT2D eigenvalue weighted by Crippen LogP contribution is -2.22. The Kier molecular flexibility index (Phi) is 2.95. The molecule has 0 saturated heterocycles. The van der Waals surface area contributed by atoms with Gasteiger partial charge in [-0.2, -0.15) is 0 Å². The molecule has 0 aliphatic carbocycles. The molecule has 2 aromatic heterocycles. The van der Waals surface area contributed by atoms with Gasteiger partial charge in [0.1, 0.15) is 5.76 Å². The third-order valence-corrected chi connectivity index (χ3v) is 2.01. The van der Waals surface area contributed by atoms with Crippen molar-refractivity contribution in [3.05, 3.63) is 47.9 Å². The zero-order valence-electron chi connectivity index (χ0n) is 8.80. The molecule has 5 nitrogen and oxygen atoms in total. The second kappa shape index (κ2) is 4.57. The highest BCUT2D eigenvalue weighted by atomic mass is 16.4. The van der Waals surface area contributed by atoms with E-state index in [1.54, 1.807) is 37.6 Å². The molecule has 5 heteroatoms. The van der Waals surface area contributed by atoms with Crippen molar-refractivity contribution in [2.24, 2.45) is 0 Å². The van der Waals surface area contributed by atoms with Crippen molar-refractivity contribution in [3.8, 4) is 0 Å². The number of rotatable bonds is 3. The van der Waals surface area contributed by atoms with Gasteiger partial charge in [-0.3, -0.25) is 9.78 Å². The summed E-state index contributed by atoms with van der Waals surface area (Å²) in [6.07, 6.45) is 4.77. The smallest absolute Gasteiger partial charge is 0.251 e. The highest BCUT2D eigenvalue weighted by Gasteiger charge is 2.06. The number of oxazole rings is 1. The van der Waals surface area contributed by atoms with E-state index >= 15 is 0 Å². The van der Waals surface area contributed by atoms with Crippen LogP contribution in [-0.4, -0.2) is 15.9 Å². The van der Waals surface area contributed by atoms with E-state index in [2.05, 4.69) is 15.3 Å². The quantitative estimate of drug-likeness (QED) is 0.841. The average Bonchev–Trinajstić information content (AvgIpc) is 2.73. The van der Waals surface area contributed by atoms with E-state index < -0.39 is 0 Å². The van der Waals surface area contributed by atoms with Crippen LogP contribution < -0.4 is 5.32 Å². The molecule has 0 bridgehead atoms. The second-order valence-electron chi connectivity index (χ2n) is 3.28. The maximum atomic E-state index is 11.6. The van der Waals surface area contributed by atoms with Gasteiger partial charge in [0.15, 0.2) is 0 Å². The van der Waals surface area contributed by atoms with Gasteiger partial charge in [0.2, 0.25) is 5.89 Å². The van der Waals surface area contributed by atoms with E-state index in [-0.39, 0.29) is 12.5 Å². The van der Waals surface area contributed by atoms with Crippen molar-refractivity contribution in [2.45, 2.75) is 13.5 Å². The fourth-order valence-electron chi connectivity index (χ4n) is 1.24. The van der Waals surface area contributed by atoms with E-state index in [1.807, 2.05) is 0 Å². The zero-order valence-corrected chi connectivity index (χ0v) is 8.80. The van der Waals surface area contributed by atoms with Crippen LogP contribution in [0.15, 0.2) is 35.1 Å². The Morgan fingerprint density at radius 2 is 2.19 bits per heavy atom. The van der Waals surface area contributed by atoms with Crippen molar-refractivity contribution >= 4 is 5.91 Å². The van der Waals surface area contributed by atoms with Gasteiger partial charge in [0, 0.05) is 18.0 Å². The van der Waals surface area contributed by atoms with Gasteiger partial charge < -0.3 is 9.73 Å². The number of nitrogens with one attached hydrogen (secondary N) is 1. The Labute approximate surface area is 92.5 Å². The lowest BCUT2D eigenvalue weighted by atomic mass is 10.2. The van der Waals surface area contributed by atoms with Crippen LogP contribution in [0.5, 0.6) is 0 Å². The molecule has 0 aliphatic rings. The van der Waals surface area contributed by atoms with E-state index in [9.17, 15) is 4.79 Å². The maximum Gasteiger partial charge on any atom is 0.251 e. The summed E-state index contributed by atoms with van der Waals surface area (Å²) >= 11 is 0. The minimum Gasteiger partial charge on any atom is -0.444 e. The number of carbonyl (C=O) groups is 1. The molecule has 0 spiro atoms. The summed E-state index contributed by atoms with van der Waals surface area (Å²) < 4.78 is 5.23. The van der Waals surface area contributed by atoms with Gasteiger partial charge >= 0.3 is 0 Å². The molecule has 0 aromatic carbocycles. The highest BCUT2D eigenvalue weighted by Crippen LogP contribution is 2.02. The van der Waals surface area contributed by atoms with E-state index in [1.165, 1.54) is 0 Å². The highest BCUT2D eigenvalue weighted by molar-refractivity contribution is 5.93. The lowest BCUT2D eigenvalue weighted by molar-refractivity contribution is 0.0947. The summed E-state index contributed by atoms with van der Waals surface area (Å²) in [7, 11) is 0. The number of hydrogen-bond donors (Lipinski definition) is 1. The molecular weight excluding hydrogens is 206 g/mol. The molecule has 2 aromatic rings. The SMILES string of the molecule is Cc1cnc(CNC(=O)c2ccncc2)o1. The standard InChI is InChI=1S/C11H11N3O2/c1-8-6-13-10(16-8)7-14-11(15)9-2-4-12-5-3-9/h2-6H,7H2,1H3,(H,14,15). The first kappa shape index (κ1) is 10.4. The van der Waals surface area contributed by atoms with Gasteiger partial charge in [0.25, 0.3) is 5.91 Å². The molecule has 0 saturated carbocycles. The molecule has 2 rings (SSSR count). The number of aryl methyl sites for hydroxylation is 1. The normalized spacial score (nSPS) is 10.1. The number of amides is 1. The van der Waals surface area contributed by atoms with Crippen LogP contribution in [0.25, 0.3) is 0 Å². The van der Waals surface area contributed by atoms with Crippen molar-refractivity contribution in [3.63, 3.8) is 0 Å².